The van der Waals surface area contributed by atoms with Gasteiger partial charge in [0.25, 0.3) is 0 Å². The average molecular weight is 331 g/mol. The van der Waals surface area contributed by atoms with E-state index in [2.05, 4.69) is 4.99 Å². The Morgan fingerprint density at radius 2 is 1.92 bits per heavy atom. The maximum Gasteiger partial charge on any atom is 0.348 e. The molecule has 1 aromatic carbocycles. The normalized spacial score (nSPS) is 11.4. The van der Waals surface area contributed by atoms with Gasteiger partial charge in [0.1, 0.15) is 17.1 Å². The molecule has 2 aromatic rings. The molecule has 0 aliphatic carbocycles. The minimum absolute atomic E-state index is 0.105. The zero-order chi connectivity index (χ0) is 17.7. The summed E-state index contributed by atoms with van der Waals surface area (Å²) in [6, 6.07) is 7.07. The van der Waals surface area contributed by atoms with Crippen molar-refractivity contribution in [3.63, 3.8) is 0 Å². The van der Waals surface area contributed by atoms with Crippen LogP contribution in [0.25, 0.3) is 0 Å². The molecule has 24 heavy (non-hydrogen) atoms. The maximum absolute atomic E-state index is 11.9. The summed E-state index contributed by atoms with van der Waals surface area (Å²) < 4.78 is 15.5. The molecule has 0 radical (unpaired) electrons. The van der Waals surface area contributed by atoms with Gasteiger partial charge in [-0.25, -0.2) is 4.79 Å². The minimum Gasteiger partial charge on any atom is -0.507 e. The second-order valence-corrected chi connectivity index (χ2v) is 5.31. The van der Waals surface area contributed by atoms with E-state index in [9.17, 15) is 9.90 Å². The highest BCUT2D eigenvalue weighted by atomic mass is 16.5. The Morgan fingerprint density at radius 3 is 2.54 bits per heavy atom. The molecule has 1 heterocycles. The molecule has 6 nitrogen and oxygen atoms in total. The predicted molar refractivity (Wildman–Crippen MR) is 91.7 cm³/mol. The van der Waals surface area contributed by atoms with Crippen LogP contribution < -0.4 is 15.1 Å². The van der Waals surface area contributed by atoms with Crippen LogP contribution in [0.5, 0.6) is 17.2 Å². The van der Waals surface area contributed by atoms with Gasteiger partial charge in [-0.2, -0.15) is 0 Å². The van der Waals surface area contributed by atoms with Crippen LogP contribution in [0.1, 0.15) is 23.8 Å². The molecular weight excluding hydrogens is 310 g/mol. The van der Waals surface area contributed by atoms with E-state index >= 15 is 0 Å². The van der Waals surface area contributed by atoms with Gasteiger partial charge in [0.05, 0.1) is 19.9 Å². The van der Waals surface area contributed by atoms with Crippen molar-refractivity contribution in [1.29, 1.82) is 0 Å². The Bertz CT molecular complexity index is 808. The lowest BCUT2D eigenvalue weighted by Crippen LogP contribution is -2.13. The maximum atomic E-state index is 11.9. The summed E-state index contributed by atoms with van der Waals surface area (Å²) in [4.78, 5) is 16.2. The Kier molecular flexibility index (Phi) is 5.63. The Balaban J connectivity index is 2.13. The van der Waals surface area contributed by atoms with E-state index in [4.69, 9.17) is 13.9 Å². The topological polar surface area (TPSA) is 81.3 Å². The fraction of sp³-hybridized carbons (Fsp3) is 0.333. The molecule has 0 amide bonds. The van der Waals surface area contributed by atoms with Crippen molar-refractivity contribution in [1.82, 2.24) is 0 Å². The number of aryl methyl sites for hydroxylation is 1. The summed E-state index contributed by atoms with van der Waals surface area (Å²) in [6.45, 7) is 3.75. The van der Waals surface area contributed by atoms with E-state index in [1.807, 2.05) is 18.2 Å². The second-order valence-electron chi connectivity index (χ2n) is 5.31. The Labute approximate surface area is 140 Å². The highest BCUT2D eigenvalue weighted by Crippen LogP contribution is 2.27. The van der Waals surface area contributed by atoms with Crippen molar-refractivity contribution in [3.05, 3.63) is 51.6 Å². The molecule has 0 spiro atoms. The van der Waals surface area contributed by atoms with Gasteiger partial charge in [0.15, 0.2) is 11.5 Å². The lowest BCUT2D eigenvalue weighted by molar-refractivity contribution is 0.354. The van der Waals surface area contributed by atoms with Gasteiger partial charge in [0.2, 0.25) is 0 Å². The van der Waals surface area contributed by atoms with E-state index in [0.717, 1.165) is 5.56 Å². The zero-order valence-corrected chi connectivity index (χ0v) is 14.3. The van der Waals surface area contributed by atoms with Crippen molar-refractivity contribution >= 4 is 5.71 Å². The first kappa shape index (κ1) is 17.6. The predicted octanol–water partition coefficient (Wildman–Crippen LogP) is 2.72. The molecule has 0 aliphatic rings. The van der Waals surface area contributed by atoms with Gasteiger partial charge in [-0.05, 0) is 38.0 Å². The van der Waals surface area contributed by atoms with E-state index in [-0.39, 0.29) is 11.3 Å². The highest BCUT2D eigenvalue weighted by molar-refractivity contribution is 6.00. The van der Waals surface area contributed by atoms with E-state index < -0.39 is 5.63 Å². The van der Waals surface area contributed by atoms with Gasteiger partial charge in [-0.3, -0.25) is 4.99 Å². The molecule has 1 aromatic heterocycles. The summed E-state index contributed by atoms with van der Waals surface area (Å²) in [6.07, 6.45) is 0.662. The molecule has 128 valence electrons. The first-order valence-corrected chi connectivity index (χ1v) is 7.52. The van der Waals surface area contributed by atoms with Crippen molar-refractivity contribution in [2.24, 2.45) is 4.99 Å². The summed E-state index contributed by atoms with van der Waals surface area (Å²) in [7, 11) is 3.17. The number of aromatic hydroxyl groups is 1. The summed E-state index contributed by atoms with van der Waals surface area (Å²) in [5, 5.41) is 9.91. The number of hydrogen-bond donors (Lipinski definition) is 1. The van der Waals surface area contributed by atoms with Crippen molar-refractivity contribution in [2.75, 3.05) is 20.8 Å². The number of rotatable bonds is 6. The van der Waals surface area contributed by atoms with Crippen molar-refractivity contribution < 1.29 is 19.0 Å². The Hall–Kier alpha value is -2.76. The molecular formula is C18H21NO5. The third kappa shape index (κ3) is 3.95. The van der Waals surface area contributed by atoms with Gasteiger partial charge in [-0.1, -0.05) is 6.07 Å². The summed E-state index contributed by atoms with van der Waals surface area (Å²) in [5.41, 5.74) is 0.999. The smallest absolute Gasteiger partial charge is 0.348 e. The molecule has 0 saturated carbocycles. The van der Waals surface area contributed by atoms with Gasteiger partial charge < -0.3 is 19.0 Å². The SMILES string of the molecule is COc1ccc(CCN=C(C)c2c(O)cc(C)oc2=O)cc1OC. The fourth-order valence-electron chi connectivity index (χ4n) is 2.40. The molecule has 1 N–H and O–H groups in total. The van der Waals surface area contributed by atoms with Crippen LogP contribution in [-0.4, -0.2) is 31.6 Å². The monoisotopic (exact) mass is 331 g/mol. The van der Waals surface area contributed by atoms with E-state index in [1.54, 1.807) is 28.1 Å². The first-order chi connectivity index (χ1) is 11.5. The number of aliphatic imine (C=N–C) groups is 1. The molecule has 0 saturated heterocycles. The van der Waals surface area contributed by atoms with Gasteiger partial charge in [-0.15, -0.1) is 0 Å². The lowest BCUT2D eigenvalue weighted by atomic mass is 10.1. The molecule has 0 fully saturated rings. The van der Waals surface area contributed by atoms with Gasteiger partial charge in [0, 0.05) is 12.6 Å². The summed E-state index contributed by atoms with van der Waals surface area (Å²) >= 11 is 0. The molecule has 0 bridgehead atoms. The Morgan fingerprint density at radius 1 is 1.21 bits per heavy atom. The largest absolute Gasteiger partial charge is 0.507 e. The average Bonchev–Trinajstić information content (AvgIpc) is 2.53. The van der Waals surface area contributed by atoms with Gasteiger partial charge >= 0.3 is 5.63 Å². The van der Waals surface area contributed by atoms with Crippen LogP contribution in [0.3, 0.4) is 0 Å². The standard InChI is InChI=1S/C18H21NO5/c1-11-9-14(20)17(18(21)24-11)12(2)19-8-7-13-5-6-15(22-3)16(10-13)23-4/h5-6,9-10,20H,7-8H2,1-4H3. The van der Waals surface area contributed by atoms with Crippen LogP contribution in [0, 0.1) is 6.92 Å². The third-order valence-corrected chi connectivity index (χ3v) is 3.61. The number of ether oxygens (including phenoxy) is 2. The zero-order valence-electron chi connectivity index (χ0n) is 14.3. The first-order valence-electron chi connectivity index (χ1n) is 7.52. The molecule has 2 rings (SSSR count). The number of nitrogens with zero attached hydrogens (tertiary/aromatic N) is 1. The highest BCUT2D eigenvalue weighted by Gasteiger charge is 2.12. The van der Waals surface area contributed by atoms with Crippen LogP contribution in [-0.2, 0) is 6.42 Å². The van der Waals surface area contributed by atoms with Crippen LogP contribution in [0.4, 0.5) is 0 Å². The summed E-state index contributed by atoms with van der Waals surface area (Å²) in [5.74, 6) is 1.58. The van der Waals surface area contributed by atoms with Crippen LogP contribution >= 0.6 is 0 Å². The molecule has 0 unspecified atom stereocenters. The van der Waals surface area contributed by atoms with E-state index in [0.29, 0.717) is 35.9 Å². The quantitative estimate of drug-likeness (QED) is 0.823. The number of methoxy groups -OCH3 is 2. The second kappa shape index (κ2) is 7.68. The van der Waals surface area contributed by atoms with Crippen molar-refractivity contribution in [3.8, 4) is 17.2 Å². The van der Waals surface area contributed by atoms with E-state index in [1.165, 1.54) is 6.07 Å². The van der Waals surface area contributed by atoms with Crippen LogP contribution in [0.15, 0.2) is 38.5 Å². The molecule has 0 atom stereocenters. The van der Waals surface area contributed by atoms with Crippen LogP contribution in [0.2, 0.25) is 0 Å². The third-order valence-electron chi connectivity index (χ3n) is 3.61. The fourth-order valence-corrected chi connectivity index (χ4v) is 2.40. The number of benzene rings is 1. The molecule has 0 aliphatic heterocycles. The number of hydrogen-bond acceptors (Lipinski definition) is 6. The molecule has 6 heteroatoms. The lowest BCUT2D eigenvalue weighted by Gasteiger charge is -2.09. The van der Waals surface area contributed by atoms with Crippen molar-refractivity contribution in [2.45, 2.75) is 20.3 Å². The minimum atomic E-state index is -0.583.